The number of aliphatic hydroxyl groups excluding tert-OH is 1. The molecule has 3 aromatic rings. The first kappa shape index (κ1) is 26.1. The van der Waals surface area contributed by atoms with Crippen molar-refractivity contribution in [3.63, 3.8) is 0 Å². The lowest BCUT2D eigenvalue weighted by atomic mass is 10.2. The number of thiophene rings is 1. The van der Waals surface area contributed by atoms with Crippen LogP contribution in [0, 0.1) is 0 Å². The first-order valence-electron chi connectivity index (χ1n) is 9.81. The van der Waals surface area contributed by atoms with E-state index >= 15 is 0 Å². The summed E-state index contributed by atoms with van der Waals surface area (Å²) in [6, 6.07) is 14.7. The van der Waals surface area contributed by atoms with E-state index in [1.807, 2.05) is 30.3 Å². The first-order valence-corrected chi connectivity index (χ1v) is 10.6. The van der Waals surface area contributed by atoms with Crippen LogP contribution in [0.1, 0.15) is 23.5 Å². The van der Waals surface area contributed by atoms with Gasteiger partial charge in [0.15, 0.2) is 17.5 Å². The maximum absolute atomic E-state index is 12.5. The van der Waals surface area contributed by atoms with Gasteiger partial charge in [-0.2, -0.15) is 8.78 Å². The van der Waals surface area contributed by atoms with E-state index in [9.17, 15) is 13.9 Å². The number of aliphatic imine (C=N–C) groups is 1. The van der Waals surface area contributed by atoms with Crippen LogP contribution in [0.4, 0.5) is 8.78 Å². The molecule has 0 spiro atoms. The van der Waals surface area contributed by atoms with Crippen molar-refractivity contribution in [1.29, 1.82) is 0 Å². The summed E-state index contributed by atoms with van der Waals surface area (Å²) < 4.78 is 36.1. The molecule has 0 aliphatic heterocycles. The minimum Gasteiger partial charge on any atom is -0.490 e. The van der Waals surface area contributed by atoms with Crippen molar-refractivity contribution in [2.24, 2.45) is 4.99 Å². The van der Waals surface area contributed by atoms with Gasteiger partial charge in [-0.15, -0.1) is 35.3 Å². The third-order valence-corrected chi connectivity index (χ3v) is 5.66. The number of alkyl halides is 2. The summed E-state index contributed by atoms with van der Waals surface area (Å²) in [4.78, 5) is 5.03. The van der Waals surface area contributed by atoms with E-state index in [1.54, 1.807) is 37.4 Å². The molecule has 0 radical (unpaired) electrons. The molecule has 1 heterocycles. The van der Waals surface area contributed by atoms with Gasteiger partial charge in [0.25, 0.3) is 0 Å². The molecule has 3 N–H and O–H groups in total. The number of hydrogen-bond acceptors (Lipinski definition) is 5. The molecule has 32 heavy (non-hydrogen) atoms. The highest BCUT2D eigenvalue weighted by molar-refractivity contribution is 14.0. The molecule has 1 unspecified atom stereocenters. The van der Waals surface area contributed by atoms with Gasteiger partial charge < -0.3 is 25.2 Å². The number of aliphatic hydroxyl groups is 1. The molecule has 174 valence electrons. The maximum Gasteiger partial charge on any atom is 0.387 e. The molecule has 0 saturated carbocycles. The fraction of sp³-hybridized carbons (Fsp3) is 0.318. The Labute approximate surface area is 206 Å². The Morgan fingerprint density at radius 3 is 2.59 bits per heavy atom. The molecule has 0 fully saturated rings. The molecule has 0 bridgehead atoms. The molecule has 1 aromatic heterocycles. The van der Waals surface area contributed by atoms with Crippen molar-refractivity contribution >= 4 is 51.4 Å². The van der Waals surface area contributed by atoms with E-state index in [0.29, 0.717) is 19.1 Å². The number of fused-ring (bicyclic) bond motifs is 1. The number of hydrogen-bond donors (Lipinski definition) is 3. The SMILES string of the molecule is CCOc1cc(CNC(=NC)NCC(O)c2cc3ccccc3s2)ccc1OC(F)F.I. The van der Waals surface area contributed by atoms with E-state index in [2.05, 4.69) is 20.4 Å². The molecule has 6 nitrogen and oxygen atoms in total. The largest absolute Gasteiger partial charge is 0.490 e. The molecule has 0 aliphatic carbocycles. The fourth-order valence-electron chi connectivity index (χ4n) is 2.99. The van der Waals surface area contributed by atoms with Crippen LogP contribution in [0.25, 0.3) is 10.1 Å². The third-order valence-electron chi connectivity index (χ3n) is 4.44. The van der Waals surface area contributed by atoms with Gasteiger partial charge >= 0.3 is 6.61 Å². The van der Waals surface area contributed by atoms with Gasteiger partial charge in [0.1, 0.15) is 6.10 Å². The van der Waals surface area contributed by atoms with Gasteiger partial charge in [0, 0.05) is 29.7 Å². The third kappa shape index (κ3) is 7.17. The summed E-state index contributed by atoms with van der Waals surface area (Å²) in [6.45, 7) is -0.149. The number of ether oxygens (including phenoxy) is 2. The monoisotopic (exact) mass is 577 g/mol. The molecule has 2 aromatic carbocycles. The van der Waals surface area contributed by atoms with Crippen molar-refractivity contribution in [3.8, 4) is 11.5 Å². The Hall–Kier alpha value is -2.18. The highest BCUT2D eigenvalue weighted by Crippen LogP contribution is 2.30. The zero-order valence-electron chi connectivity index (χ0n) is 17.7. The zero-order chi connectivity index (χ0) is 22.2. The van der Waals surface area contributed by atoms with Crippen molar-refractivity contribution < 1.29 is 23.4 Å². The van der Waals surface area contributed by atoms with Crippen LogP contribution < -0.4 is 20.1 Å². The van der Waals surface area contributed by atoms with Gasteiger partial charge in [-0.05, 0) is 42.1 Å². The molecule has 3 rings (SSSR count). The van der Waals surface area contributed by atoms with Crippen LogP contribution in [0.15, 0.2) is 53.5 Å². The number of nitrogens with one attached hydrogen (secondary N) is 2. The topological polar surface area (TPSA) is 75.1 Å². The molecule has 0 saturated heterocycles. The quantitative estimate of drug-likeness (QED) is 0.191. The predicted octanol–water partition coefficient (Wildman–Crippen LogP) is 4.92. The number of guanidine groups is 1. The van der Waals surface area contributed by atoms with Crippen molar-refractivity contribution in [2.75, 3.05) is 20.2 Å². The van der Waals surface area contributed by atoms with Gasteiger partial charge in [0.2, 0.25) is 0 Å². The van der Waals surface area contributed by atoms with E-state index in [-0.39, 0.29) is 42.0 Å². The lowest BCUT2D eigenvalue weighted by molar-refractivity contribution is -0.0514. The van der Waals surface area contributed by atoms with Gasteiger partial charge in [-0.25, -0.2) is 0 Å². The summed E-state index contributed by atoms with van der Waals surface area (Å²) in [5.41, 5.74) is 0.804. The van der Waals surface area contributed by atoms with Crippen LogP contribution in [0.2, 0.25) is 0 Å². The molecule has 0 amide bonds. The highest BCUT2D eigenvalue weighted by atomic mass is 127. The van der Waals surface area contributed by atoms with Gasteiger partial charge in [-0.3, -0.25) is 4.99 Å². The van der Waals surface area contributed by atoms with Crippen molar-refractivity contribution in [3.05, 3.63) is 59.0 Å². The molecular formula is C22H26F2IN3O3S. The smallest absolute Gasteiger partial charge is 0.387 e. The Morgan fingerprint density at radius 2 is 1.91 bits per heavy atom. The average molecular weight is 577 g/mol. The summed E-state index contributed by atoms with van der Waals surface area (Å²) in [6.07, 6.45) is -0.675. The second kappa shape index (κ2) is 12.8. The molecule has 10 heteroatoms. The van der Waals surface area contributed by atoms with Crippen LogP contribution in [-0.2, 0) is 6.54 Å². The lowest BCUT2D eigenvalue weighted by Gasteiger charge is -2.16. The molecule has 0 aliphatic rings. The standard InChI is InChI=1S/C22H25F2N3O3S.HI/c1-3-29-18-10-14(8-9-17(18)30-21(23)24)12-26-22(25-2)27-13-16(28)20-11-15-6-4-5-7-19(15)31-20;/h4-11,16,21,28H,3,12-13H2,1-2H3,(H2,25,26,27);1H. The summed E-state index contributed by atoms with van der Waals surface area (Å²) in [5.74, 6) is 0.755. The zero-order valence-corrected chi connectivity index (χ0v) is 20.8. The van der Waals surface area contributed by atoms with Crippen LogP contribution in [0.5, 0.6) is 11.5 Å². The van der Waals surface area contributed by atoms with Crippen molar-refractivity contribution in [2.45, 2.75) is 26.2 Å². The first-order chi connectivity index (χ1) is 15.0. The summed E-state index contributed by atoms with van der Waals surface area (Å²) in [5, 5.41) is 17.9. The summed E-state index contributed by atoms with van der Waals surface area (Å²) >= 11 is 1.56. The van der Waals surface area contributed by atoms with Gasteiger partial charge in [0.05, 0.1) is 6.61 Å². The Morgan fingerprint density at radius 1 is 1.12 bits per heavy atom. The lowest BCUT2D eigenvalue weighted by Crippen LogP contribution is -2.38. The number of nitrogens with zero attached hydrogens (tertiary/aromatic N) is 1. The van der Waals surface area contributed by atoms with E-state index in [1.165, 1.54) is 6.07 Å². The van der Waals surface area contributed by atoms with Crippen molar-refractivity contribution in [1.82, 2.24) is 10.6 Å². The summed E-state index contributed by atoms with van der Waals surface area (Å²) in [7, 11) is 1.63. The Balaban J connectivity index is 0.00000363. The second-order valence-corrected chi connectivity index (χ2v) is 7.72. The van der Waals surface area contributed by atoms with Gasteiger partial charge in [-0.1, -0.05) is 24.3 Å². The number of halogens is 3. The Bertz CT molecular complexity index is 1000. The normalized spacial score (nSPS) is 12.4. The van der Waals surface area contributed by atoms with E-state index in [4.69, 9.17) is 4.74 Å². The maximum atomic E-state index is 12.5. The average Bonchev–Trinajstić information content (AvgIpc) is 3.19. The van der Waals surface area contributed by atoms with E-state index < -0.39 is 12.7 Å². The fourth-order valence-corrected chi connectivity index (χ4v) is 4.04. The van der Waals surface area contributed by atoms with Crippen LogP contribution in [-0.4, -0.2) is 37.9 Å². The molecule has 1 atom stereocenters. The predicted molar refractivity (Wildman–Crippen MR) is 135 cm³/mol. The minimum atomic E-state index is -2.92. The highest BCUT2D eigenvalue weighted by Gasteiger charge is 2.14. The Kier molecular flexibility index (Phi) is 10.4. The van der Waals surface area contributed by atoms with E-state index in [0.717, 1.165) is 20.5 Å². The number of rotatable bonds is 9. The minimum absolute atomic E-state index is 0. The van der Waals surface area contributed by atoms with Crippen LogP contribution >= 0.6 is 35.3 Å². The number of benzene rings is 2. The van der Waals surface area contributed by atoms with Crippen LogP contribution in [0.3, 0.4) is 0 Å². The second-order valence-electron chi connectivity index (χ2n) is 6.60. The molecular weight excluding hydrogens is 551 g/mol.